The monoisotopic (exact) mass is 359 g/mol. The van der Waals surface area contributed by atoms with Gasteiger partial charge in [-0.2, -0.15) is 5.10 Å². The van der Waals surface area contributed by atoms with Crippen LogP contribution < -0.4 is 5.46 Å². The number of hydrogen-bond acceptors (Lipinski definition) is 3. The van der Waals surface area contributed by atoms with E-state index in [9.17, 15) is 4.39 Å². The highest BCUT2D eigenvalue weighted by Crippen LogP contribution is 2.28. The average molecular weight is 359 g/mol. The van der Waals surface area contributed by atoms with E-state index in [1.54, 1.807) is 18.6 Å². The van der Waals surface area contributed by atoms with Crippen LogP contribution in [-0.2, 0) is 0 Å². The van der Waals surface area contributed by atoms with Gasteiger partial charge in [0.05, 0.1) is 23.8 Å². The average Bonchev–Trinajstić information content (AvgIpc) is 3.31. The molecule has 3 heterocycles. The highest BCUT2D eigenvalue weighted by molar-refractivity contribution is 6.32. The maximum Gasteiger partial charge on any atom is 0.141 e. The van der Waals surface area contributed by atoms with E-state index in [-0.39, 0.29) is 11.9 Å². The molecule has 4 aromatic rings. The van der Waals surface area contributed by atoms with Gasteiger partial charge in [0.2, 0.25) is 0 Å². The lowest BCUT2D eigenvalue weighted by Crippen LogP contribution is -2.13. The molecule has 0 bridgehead atoms. The van der Waals surface area contributed by atoms with Gasteiger partial charge in [0.15, 0.2) is 0 Å². The van der Waals surface area contributed by atoms with Crippen molar-refractivity contribution in [2.24, 2.45) is 0 Å². The highest BCUT2D eigenvalue weighted by Gasteiger charge is 2.16. The van der Waals surface area contributed by atoms with Crippen molar-refractivity contribution in [3.05, 3.63) is 72.7 Å². The first-order chi connectivity index (χ1) is 13.1. The fourth-order valence-corrected chi connectivity index (χ4v) is 3.28. The van der Waals surface area contributed by atoms with Crippen LogP contribution in [0.1, 0.15) is 24.9 Å². The number of nitrogens with zero attached hydrogens (tertiary/aromatic N) is 4. The van der Waals surface area contributed by atoms with Crippen LogP contribution in [0.4, 0.5) is 4.39 Å². The molecule has 4 rings (SSSR count). The van der Waals surface area contributed by atoms with Crippen LogP contribution in [0.3, 0.4) is 0 Å². The van der Waals surface area contributed by atoms with Crippen molar-refractivity contribution in [2.45, 2.75) is 19.4 Å². The molecule has 0 aliphatic carbocycles. The quantitative estimate of drug-likeness (QED) is 0.558. The number of halogens is 1. The van der Waals surface area contributed by atoms with Gasteiger partial charge in [-0.1, -0.05) is 35.8 Å². The van der Waals surface area contributed by atoms with E-state index in [1.165, 1.54) is 6.92 Å². The second kappa shape index (κ2) is 7.19. The maximum atomic E-state index is 13.4. The second-order valence-electron chi connectivity index (χ2n) is 6.63. The fourth-order valence-electron chi connectivity index (χ4n) is 3.28. The van der Waals surface area contributed by atoms with Gasteiger partial charge in [0, 0.05) is 23.3 Å². The van der Waals surface area contributed by atoms with Crippen molar-refractivity contribution in [1.29, 1.82) is 0 Å². The third-order valence-corrected chi connectivity index (χ3v) is 4.60. The van der Waals surface area contributed by atoms with E-state index in [2.05, 4.69) is 46.1 Å². The smallest absolute Gasteiger partial charge is 0.141 e. The van der Waals surface area contributed by atoms with E-state index in [1.807, 2.05) is 29.2 Å². The molecule has 0 amide bonds. The molecule has 0 saturated heterocycles. The normalized spacial score (nSPS) is 13.2. The summed E-state index contributed by atoms with van der Waals surface area (Å²) in [6.07, 6.45) is 9.27. The SMILES string of the molecule is Bc1cccc(C(C/C=C(/C)F)n2cc(-c3ncnc4[nH]ccc34)cn2)c1. The predicted molar refractivity (Wildman–Crippen MR) is 107 cm³/mol. The molecule has 134 valence electrons. The molecule has 0 aliphatic rings. The summed E-state index contributed by atoms with van der Waals surface area (Å²) in [5, 5.41) is 5.51. The second-order valence-corrected chi connectivity index (χ2v) is 6.63. The van der Waals surface area contributed by atoms with Gasteiger partial charge in [0.1, 0.15) is 19.8 Å². The number of nitrogens with one attached hydrogen (secondary N) is 1. The Labute approximate surface area is 157 Å². The lowest BCUT2D eigenvalue weighted by Gasteiger charge is -2.17. The topological polar surface area (TPSA) is 59.4 Å². The molecular weight excluding hydrogens is 340 g/mol. The number of aromatic nitrogens is 5. The van der Waals surface area contributed by atoms with Gasteiger partial charge < -0.3 is 4.98 Å². The Morgan fingerprint density at radius 2 is 2.22 bits per heavy atom. The molecule has 1 aromatic carbocycles. The van der Waals surface area contributed by atoms with Crippen molar-refractivity contribution in [2.75, 3.05) is 0 Å². The number of allylic oxidation sites excluding steroid dienone is 2. The summed E-state index contributed by atoms with van der Waals surface area (Å²) < 4.78 is 15.3. The van der Waals surface area contributed by atoms with E-state index in [0.717, 1.165) is 33.3 Å². The van der Waals surface area contributed by atoms with Gasteiger partial charge in [0.25, 0.3) is 0 Å². The van der Waals surface area contributed by atoms with Crippen LogP contribution in [0.25, 0.3) is 22.3 Å². The summed E-state index contributed by atoms with van der Waals surface area (Å²) in [7, 11) is 2.05. The molecule has 0 saturated carbocycles. The summed E-state index contributed by atoms with van der Waals surface area (Å²) in [5.41, 5.74) is 4.78. The molecule has 7 heteroatoms. The molecule has 1 N–H and O–H groups in total. The summed E-state index contributed by atoms with van der Waals surface area (Å²) in [4.78, 5) is 11.8. The van der Waals surface area contributed by atoms with E-state index in [4.69, 9.17) is 0 Å². The predicted octanol–water partition coefficient (Wildman–Crippen LogP) is 2.93. The molecule has 5 nitrogen and oxygen atoms in total. The Hall–Kier alpha value is -3.22. The van der Waals surface area contributed by atoms with Crippen LogP contribution >= 0.6 is 0 Å². The van der Waals surface area contributed by atoms with Crippen LogP contribution in [0.5, 0.6) is 0 Å². The third kappa shape index (κ3) is 3.53. The zero-order valence-corrected chi connectivity index (χ0v) is 15.2. The molecular formula is C20H19BFN5. The Morgan fingerprint density at radius 3 is 3.04 bits per heavy atom. The number of H-pyrrole nitrogens is 1. The lowest BCUT2D eigenvalue weighted by atomic mass is 9.91. The molecule has 0 fully saturated rings. The van der Waals surface area contributed by atoms with Gasteiger partial charge in [-0.15, -0.1) is 0 Å². The minimum atomic E-state index is -0.190. The summed E-state index contributed by atoms with van der Waals surface area (Å²) in [5.74, 6) is -0.190. The largest absolute Gasteiger partial charge is 0.346 e. The van der Waals surface area contributed by atoms with Gasteiger partial charge in [-0.05, 0) is 25.0 Å². The zero-order chi connectivity index (χ0) is 18.8. The number of hydrogen-bond donors (Lipinski definition) is 1. The van der Waals surface area contributed by atoms with E-state index >= 15 is 0 Å². The molecule has 3 aromatic heterocycles. The van der Waals surface area contributed by atoms with Crippen LogP contribution in [0, 0.1) is 0 Å². The molecule has 0 radical (unpaired) electrons. The van der Waals surface area contributed by atoms with Crippen LogP contribution in [-0.4, -0.2) is 32.6 Å². The van der Waals surface area contributed by atoms with Gasteiger partial charge in [-0.25, -0.2) is 14.4 Å². The Kier molecular flexibility index (Phi) is 4.58. The van der Waals surface area contributed by atoms with E-state index in [0.29, 0.717) is 6.42 Å². The first kappa shape index (κ1) is 17.2. The highest BCUT2D eigenvalue weighted by atomic mass is 19.1. The van der Waals surface area contributed by atoms with Crippen molar-refractivity contribution >= 4 is 24.3 Å². The van der Waals surface area contributed by atoms with Crippen molar-refractivity contribution < 1.29 is 4.39 Å². The van der Waals surface area contributed by atoms with Crippen molar-refractivity contribution in [1.82, 2.24) is 24.7 Å². The minimum Gasteiger partial charge on any atom is -0.346 e. The maximum absolute atomic E-state index is 13.4. The zero-order valence-electron chi connectivity index (χ0n) is 15.2. The molecule has 1 unspecified atom stereocenters. The van der Waals surface area contributed by atoms with Crippen molar-refractivity contribution in [3.63, 3.8) is 0 Å². The van der Waals surface area contributed by atoms with Crippen LogP contribution in [0.2, 0.25) is 0 Å². The summed E-state index contributed by atoms with van der Waals surface area (Å²) >= 11 is 0. The minimum absolute atomic E-state index is 0.0899. The molecule has 27 heavy (non-hydrogen) atoms. The number of aromatic amines is 1. The molecule has 0 spiro atoms. The number of rotatable bonds is 5. The van der Waals surface area contributed by atoms with E-state index < -0.39 is 0 Å². The lowest BCUT2D eigenvalue weighted by molar-refractivity contribution is 0.520. The van der Waals surface area contributed by atoms with Crippen molar-refractivity contribution in [3.8, 4) is 11.3 Å². The Bertz CT molecular complexity index is 1110. The standard InChI is InChI=1S/C20H19BFN5/c1-13(22)5-6-18(14-3-2-4-16(21)9-14)27-11-15(10-26-27)19-17-7-8-23-20(17)25-12-24-19/h2-5,7-12,18H,6,21H2,1H3,(H,23,24,25)/b13-5-. The summed E-state index contributed by atoms with van der Waals surface area (Å²) in [6.45, 7) is 1.46. The Morgan fingerprint density at radius 1 is 1.33 bits per heavy atom. The summed E-state index contributed by atoms with van der Waals surface area (Å²) in [6, 6.07) is 10.1. The first-order valence-corrected chi connectivity index (χ1v) is 8.83. The van der Waals surface area contributed by atoms with Crippen LogP contribution in [0.15, 0.2) is 67.2 Å². The first-order valence-electron chi connectivity index (χ1n) is 8.83. The number of benzene rings is 1. The fraction of sp³-hybridized carbons (Fsp3) is 0.150. The third-order valence-electron chi connectivity index (χ3n) is 4.60. The number of fused-ring (bicyclic) bond motifs is 1. The molecule has 1 atom stereocenters. The Balaban J connectivity index is 1.75. The molecule has 0 aliphatic heterocycles. The van der Waals surface area contributed by atoms with Gasteiger partial charge >= 0.3 is 0 Å². The van der Waals surface area contributed by atoms with Gasteiger partial charge in [-0.3, -0.25) is 4.68 Å².